The molecule has 1 aromatic rings. The fourth-order valence-corrected chi connectivity index (χ4v) is 1.81. The molecule has 0 saturated heterocycles. The zero-order valence-corrected chi connectivity index (χ0v) is 9.27. The third-order valence-electron chi connectivity index (χ3n) is 2.66. The summed E-state index contributed by atoms with van der Waals surface area (Å²) in [7, 11) is 1.40. The van der Waals surface area contributed by atoms with Crippen LogP contribution in [-0.4, -0.2) is 13.1 Å². The smallest absolute Gasteiger partial charge is 0.337 e. The van der Waals surface area contributed by atoms with E-state index in [2.05, 4.69) is 6.07 Å². The fourth-order valence-electron chi connectivity index (χ4n) is 1.81. The molecule has 0 unspecified atom stereocenters. The van der Waals surface area contributed by atoms with E-state index in [0.717, 1.165) is 18.4 Å². The molecule has 0 saturated carbocycles. The van der Waals surface area contributed by atoms with Crippen LogP contribution in [0.15, 0.2) is 42.0 Å². The number of ether oxygens (including phenoxy) is 1. The Morgan fingerprint density at radius 2 is 2.12 bits per heavy atom. The number of carbonyl (C=O) groups excluding carboxylic acids is 1. The molecule has 2 nitrogen and oxygen atoms in total. The van der Waals surface area contributed by atoms with Gasteiger partial charge in [0.25, 0.3) is 0 Å². The van der Waals surface area contributed by atoms with Crippen molar-refractivity contribution < 1.29 is 9.53 Å². The summed E-state index contributed by atoms with van der Waals surface area (Å²) in [5, 5.41) is 0. The van der Waals surface area contributed by atoms with Crippen molar-refractivity contribution in [3.63, 3.8) is 0 Å². The van der Waals surface area contributed by atoms with Crippen molar-refractivity contribution in [2.24, 2.45) is 0 Å². The number of hydrogen-bond acceptors (Lipinski definition) is 2. The minimum atomic E-state index is -0.284. The summed E-state index contributed by atoms with van der Waals surface area (Å²) in [5.41, 5.74) is 2.98. The van der Waals surface area contributed by atoms with Crippen molar-refractivity contribution in [1.29, 1.82) is 0 Å². The number of methoxy groups -OCH3 is 1. The maximum Gasteiger partial charge on any atom is 0.337 e. The third kappa shape index (κ3) is 2.22. The van der Waals surface area contributed by atoms with Gasteiger partial charge in [0, 0.05) is 0 Å². The maximum absolute atomic E-state index is 11.5. The molecule has 0 heterocycles. The van der Waals surface area contributed by atoms with E-state index in [0.29, 0.717) is 5.57 Å². The van der Waals surface area contributed by atoms with E-state index in [9.17, 15) is 4.79 Å². The number of fused-ring (bicyclic) bond motifs is 1. The van der Waals surface area contributed by atoms with E-state index >= 15 is 0 Å². The van der Waals surface area contributed by atoms with Crippen LogP contribution in [0.25, 0.3) is 6.08 Å². The predicted octanol–water partition coefficient (Wildman–Crippen LogP) is 2.75. The first-order valence-electron chi connectivity index (χ1n) is 5.36. The van der Waals surface area contributed by atoms with Crippen LogP contribution in [0.5, 0.6) is 0 Å². The molecule has 2 heteroatoms. The number of hydrogen-bond donors (Lipinski definition) is 0. The summed E-state index contributed by atoms with van der Waals surface area (Å²) in [6.45, 7) is 0. The summed E-state index contributed by atoms with van der Waals surface area (Å²) < 4.78 is 4.74. The van der Waals surface area contributed by atoms with E-state index in [-0.39, 0.29) is 5.97 Å². The van der Waals surface area contributed by atoms with Crippen molar-refractivity contribution in [2.45, 2.75) is 12.8 Å². The van der Waals surface area contributed by atoms with Gasteiger partial charge in [-0.1, -0.05) is 36.4 Å². The van der Waals surface area contributed by atoms with Gasteiger partial charge in [0.05, 0.1) is 12.7 Å². The molecule has 0 aliphatic heterocycles. The lowest BCUT2D eigenvalue weighted by Gasteiger charge is -2.09. The van der Waals surface area contributed by atoms with Gasteiger partial charge in [-0.25, -0.2) is 4.79 Å². The molecule has 0 radical (unpaired) electrons. The largest absolute Gasteiger partial charge is 0.465 e. The number of allylic oxidation sites excluding steroid dienone is 1. The van der Waals surface area contributed by atoms with E-state index in [1.807, 2.05) is 36.4 Å². The highest BCUT2D eigenvalue weighted by Crippen LogP contribution is 2.19. The highest BCUT2D eigenvalue weighted by molar-refractivity contribution is 5.96. The summed E-state index contributed by atoms with van der Waals surface area (Å²) in [6, 6.07) is 8.13. The van der Waals surface area contributed by atoms with Crippen molar-refractivity contribution in [3.8, 4) is 0 Å². The van der Waals surface area contributed by atoms with Gasteiger partial charge in [-0.15, -0.1) is 0 Å². The fraction of sp³-hybridized carbons (Fsp3) is 0.214. The average molecular weight is 214 g/mol. The molecule has 1 aliphatic rings. The van der Waals surface area contributed by atoms with Crippen LogP contribution in [0.4, 0.5) is 0 Å². The highest BCUT2D eigenvalue weighted by atomic mass is 16.5. The second-order valence-corrected chi connectivity index (χ2v) is 3.73. The predicted molar refractivity (Wildman–Crippen MR) is 63.9 cm³/mol. The Morgan fingerprint density at radius 3 is 2.94 bits per heavy atom. The van der Waals surface area contributed by atoms with Gasteiger partial charge in [0.15, 0.2) is 0 Å². The molecule has 0 atom stereocenters. The van der Waals surface area contributed by atoms with E-state index in [1.165, 1.54) is 12.7 Å². The van der Waals surface area contributed by atoms with Crippen LogP contribution in [-0.2, 0) is 16.0 Å². The molecular formula is C14H14O2. The Bertz CT molecular complexity index is 456. The van der Waals surface area contributed by atoms with Gasteiger partial charge in [-0.3, -0.25) is 0 Å². The van der Waals surface area contributed by atoms with E-state index < -0.39 is 0 Å². The summed E-state index contributed by atoms with van der Waals surface area (Å²) >= 11 is 0. The molecule has 0 aromatic heterocycles. The molecule has 0 N–H and O–H groups in total. The SMILES string of the molecule is COC(=O)C1=C/c2ccccc2CC/C=C\1. The molecule has 16 heavy (non-hydrogen) atoms. The minimum Gasteiger partial charge on any atom is -0.465 e. The molecule has 0 spiro atoms. The molecular weight excluding hydrogens is 200 g/mol. The first kappa shape index (κ1) is 10.7. The topological polar surface area (TPSA) is 26.3 Å². The first-order valence-corrected chi connectivity index (χ1v) is 5.36. The van der Waals surface area contributed by atoms with Gasteiger partial charge in [-0.05, 0) is 30.0 Å². The highest BCUT2D eigenvalue weighted by Gasteiger charge is 2.09. The van der Waals surface area contributed by atoms with Crippen molar-refractivity contribution in [1.82, 2.24) is 0 Å². The summed E-state index contributed by atoms with van der Waals surface area (Å²) in [5.74, 6) is -0.284. The zero-order valence-electron chi connectivity index (χ0n) is 9.27. The third-order valence-corrected chi connectivity index (χ3v) is 2.66. The van der Waals surface area contributed by atoms with Gasteiger partial charge >= 0.3 is 5.97 Å². The van der Waals surface area contributed by atoms with Crippen molar-refractivity contribution in [3.05, 3.63) is 53.1 Å². The Morgan fingerprint density at radius 1 is 1.31 bits per heavy atom. The van der Waals surface area contributed by atoms with Gasteiger partial charge in [-0.2, -0.15) is 0 Å². The quantitative estimate of drug-likeness (QED) is 0.672. The Balaban J connectivity index is 2.45. The molecule has 0 amide bonds. The van der Waals surface area contributed by atoms with Crippen LogP contribution in [0.2, 0.25) is 0 Å². The van der Waals surface area contributed by atoms with Gasteiger partial charge < -0.3 is 4.74 Å². The molecule has 0 fully saturated rings. The normalized spacial score (nSPS) is 19.7. The second kappa shape index (κ2) is 4.79. The molecule has 1 aromatic carbocycles. The first-order chi connectivity index (χ1) is 7.81. The van der Waals surface area contributed by atoms with Crippen molar-refractivity contribution in [2.75, 3.05) is 7.11 Å². The molecule has 82 valence electrons. The summed E-state index contributed by atoms with van der Waals surface area (Å²) in [6.07, 6.45) is 7.69. The number of esters is 1. The Kier molecular flexibility index (Phi) is 3.20. The zero-order chi connectivity index (χ0) is 11.4. The van der Waals surface area contributed by atoms with Crippen LogP contribution >= 0.6 is 0 Å². The maximum atomic E-state index is 11.5. The molecule has 1 aliphatic carbocycles. The second-order valence-electron chi connectivity index (χ2n) is 3.73. The lowest BCUT2D eigenvalue weighted by atomic mass is 9.98. The number of aryl methyl sites for hydroxylation is 1. The molecule has 0 bridgehead atoms. The monoisotopic (exact) mass is 214 g/mol. The van der Waals surface area contributed by atoms with E-state index in [4.69, 9.17) is 4.74 Å². The Labute approximate surface area is 95.2 Å². The number of carbonyl (C=O) groups is 1. The standard InChI is InChI=1S/C14H14O2/c1-16-14(15)13-9-5-3-7-11-6-2-4-8-12(11)10-13/h2,4-6,8-10H,3,7H2,1H3/b9-5-,13-10+. The van der Waals surface area contributed by atoms with Crippen molar-refractivity contribution >= 4 is 12.0 Å². The molecule has 2 rings (SSSR count). The van der Waals surface area contributed by atoms with Crippen LogP contribution in [0.1, 0.15) is 17.5 Å². The summed E-state index contributed by atoms with van der Waals surface area (Å²) in [4.78, 5) is 11.5. The lowest BCUT2D eigenvalue weighted by Crippen LogP contribution is -2.04. The Hall–Kier alpha value is -1.83. The number of benzene rings is 1. The lowest BCUT2D eigenvalue weighted by molar-refractivity contribution is -0.135. The number of rotatable bonds is 1. The van der Waals surface area contributed by atoms with Gasteiger partial charge in [0.2, 0.25) is 0 Å². The minimum absolute atomic E-state index is 0.284. The van der Waals surface area contributed by atoms with E-state index in [1.54, 1.807) is 0 Å². The van der Waals surface area contributed by atoms with Crippen LogP contribution in [0.3, 0.4) is 0 Å². The average Bonchev–Trinajstić information content (AvgIpc) is 2.29. The van der Waals surface area contributed by atoms with Crippen LogP contribution in [0, 0.1) is 0 Å². The van der Waals surface area contributed by atoms with Gasteiger partial charge in [0.1, 0.15) is 0 Å². The van der Waals surface area contributed by atoms with Crippen LogP contribution < -0.4 is 0 Å².